The third-order valence-corrected chi connectivity index (χ3v) is 4.57. The van der Waals surface area contributed by atoms with Gasteiger partial charge in [-0.05, 0) is 36.1 Å². The average molecular weight is 340 g/mol. The van der Waals surface area contributed by atoms with Gasteiger partial charge in [-0.25, -0.2) is 9.78 Å². The molecule has 0 saturated heterocycles. The number of carbonyl (C=O) groups is 2. The number of carbonyl (C=O) groups excluding carboxylic acids is 2. The SMILES string of the molecule is COC(=O)C1(NC(=O)c2ncccc2OC)CCc2ccccc2C1. The number of hydrogen-bond donors (Lipinski definition) is 1. The van der Waals surface area contributed by atoms with Crippen molar-refractivity contribution in [1.82, 2.24) is 10.3 Å². The van der Waals surface area contributed by atoms with Crippen LogP contribution in [0.2, 0.25) is 0 Å². The van der Waals surface area contributed by atoms with Crippen molar-refractivity contribution in [3.63, 3.8) is 0 Å². The summed E-state index contributed by atoms with van der Waals surface area (Å²) in [5.74, 6) is -0.552. The molecule has 0 fully saturated rings. The van der Waals surface area contributed by atoms with Gasteiger partial charge in [-0.3, -0.25) is 4.79 Å². The maximum atomic E-state index is 12.8. The smallest absolute Gasteiger partial charge is 0.331 e. The molecule has 1 unspecified atom stereocenters. The third-order valence-electron chi connectivity index (χ3n) is 4.57. The Bertz CT molecular complexity index is 806. The topological polar surface area (TPSA) is 77.5 Å². The summed E-state index contributed by atoms with van der Waals surface area (Å²) in [4.78, 5) is 29.4. The lowest BCUT2D eigenvalue weighted by atomic mass is 9.77. The van der Waals surface area contributed by atoms with Gasteiger partial charge in [0.15, 0.2) is 5.69 Å². The Morgan fingerprint density at radius 1 is 1.12 bits per heavy atom. The predicted molar refractivity (Wildman–Crippen MR) is 91.5 cm³/mol. The summed E-state index contributed by atoms with van der Waals surface area (Å²) < 4.78 is 10.2. The molecular formula is C19H20N2O4. The van der Waals surface area contributed by atoms with E-state index in [0.29, 0.717) is 25.0 Å². The number of hydrogen-bond acceptors (Lipinski definition) is 5. The second kappa shape index (κ2) is 6.93. The van der Waals surface area contributed by atoms with E-state index in [2.05, 4.69) is 10.3 Å². The van der Waals surface area contributed by atoms with Crippen LogP contribution in [0, 0.1) is 0 Å². The second-order valence-electron chi connectivity index (χ2n) is 6.03. The number of aryl methyl sites for hydroxylation is 1. The number of methoxy groups -OCH3 is 2. The molecule has 2 aromatic rings. The van der Waals surface area contributed by atoms with Gasteiger partial charge in [-0.15, -0.1) is 0 Å². The molecule has 1 heterocycles. The number of aromatic nitrogens is 1. The first kappa shape index (κ1) is 17.0. The quantitative estimate of drug-likeness (QED) is 0.861. The number of pyridine rings is 1. The Kier molecular flexibility index (Phi) is 4.70. The number of esters is 1. The van der Waals surface area contributed by atoms with Gasteiger partial charge in [0.25, 0.3) is 5.91 Å². The van der Waals surface area contributed by atoms with Crippen molar-refractivity contribution in [1.29, 1.82) is 0 Å². The third kappa shape index (κ3) is 3.20. The number of nitrogens with one attached hydrogen (secondary N) is 1. The summed E-state index contributed by atoms with van der Waals surface area (Å²) in [6, 6.07) is 11.3. The van der Waals surface area contributed by atoms with Crippen LogP contribution in [0.15, 0.2) is 42.6 Å². The summed E-state index contributed by atoms with van der Waals surface area (Å²) in [6.45, 7) is 0. The molecule has 130 valence electrons. The van der Waals surface area contributed by atoms with Gasteiger partial charge < -0.3 is 14.8 Å². The molecule has 1 amide bonds. The molecule has 1 atom stereocenters. The van der Waals surface area contributed by atoms with Crippen molar-refractivity contribution in [2.75, 3.05) is 14.2 Å². The molecular weight excluding hydrogens is 320 g/mol. The van der Waals surface area contributed by atoms with Gasteiger partial charge >= 0.3 is 5.97 Å². The molecule has 1 aromatic carbocycles. The molecule has 1 aliphatic rings. The first-order valence-corrected chi connectivity index (χ1v) is 8.06. The fourth-order valence-electron chi connectivity index (χ4n) is 3.27. The first-order valence-electron chi connectivity index (χ1n) is 8.06. The van der Waals surface area contributed by atoms with Crippen molar-refractivity contribution < 1.29 is 19.1 Å². The largest absolute Gasteiger partial charge is 0.494 e. The van der Waals surface area contributed by atoms with Crippen LogP contribution in [-0.2, 0) is 22.4 Å². The van der Waals surface area contributed by atoms with Crippen molar-refractivity contribution in [3.05, 3.63) is 59.4 Å². The van der Waals surface area contributed by atoms with E-state index in [9.17, 15) is 9.59 Å². The normalized spacial score (nSPS) is 18.8. The van der Waals surface area contributed by atoms with Gasteiger partial charge in [0.05, 0.1) is 14.2 Å². The zero-order chi connectivity index (χ0) is 17.9. The molecule has 0 bridgehead atoms. The van der Waals surface area contributed by atoms with Gasteiger partial charge in [-0.2, -0.15) is 0 Å². The van der Waals surface area contributed by atoms with Crippen molar-refractivity contribution in [2.24, 2.45) is 0 Å². The molecule has 0 aliphatic heterocycles. The summed E-state index contributed by atoms with van der Waals surface area (Å²) >= 11 is 0. The monoisotopic (exact) mass is 340 g/mol. The summed E-state index contributed by atoms with van der Waals surface area (Å²) in [5.41, 5.74) is 1.26. The minimum Gasteiger partial charge on any atom is -0.494 e. The standard InChI is InChI=1S/C19H20N2O4/c1-24-15-8-5-11-20-16(15)17(22)21-19(18(23)25-2)10-9-13-6-3-4-7-14(13)12-19/h3-8,11H,9-10,12H2,1-2H3,(H,21,22). The number of nitrogens with zero attached hydrogens (tertiary/aromatic N) is 1. The predicted octanol–water partition coefficient (Wildman–Crippen LogP) is 1.92. The van der Waals surface area contributed by atoms with E-state index in [1.807, 2.05) is 24.3 Å². The van der Waals surface area contributed by atoms with Crippen molar-refractivity contribution in [3.8, 4) is 5.75 Å². The van der Waals surface area contributed by atoms with Crippen LogP contribution in [0.1, 0.15) is 28.0 Å². The highest BCUT2D eigenvalue weighted by Gasteiger charge is 2.44. The Balaban J connectivity index is 1.93. The van der Waals surface area contributed by atoms with Crippen LogP contribution in [0.5, 0.6) is 5.75 Å². The highest BCUT2D eigenvalue weighted by Crippen LogP contribution is 2.30. The summed E-state index contributed by atoms with van der Waals surface area (Å²) in [6.07, 6.45) is 3.05. The van der Waals surface area contributed by atoms with Gasteiger partial charge in [0.1, 0.15) is 11.3 Å². The highest BCUT2D eigenvalue weighted by molar-refractivity contribution is 5.98. The number of amides is 1. The van der Waals surface area contributed by atoms with Crippen LogP contribution in [0.25, 0.3) is 0 Å². The van der Waals surface area contributed by atoms with E-state index in [0.717, 1.165) is 5.56 Å². The zero-order valence-corrected chi connectivity index (χ0v) is 14.2. The number of fused-ring (bicyclic) bond motifs is 1. The molecule has 0 radical (unpaired) electrons. The Morgan fingerprint density at radius 2 is 1.88 bits per heavy atom. The van der Waals surface area contributed by atoms with E-state index in [4.69, 9.17) is 9.47 Å². The van der Waals surface area contributed by atoms with Crippen LogP contribution >= 0.6 is 0 Å². The number of benzene rings is 1. The minimum atomic E-state index is -1.11. The maximum absolute atomic E-state index is 12.8. The molecule has 3 rings (SSSR count). The van der Waals surface area contributed by atoms with Crippen LogP contribution < -0.4 is 10.1 Å². The minimum absolute atomic E-state index is 0.145. The van der Waals surface area contributed by atoms with E-state index < -0.39 is 17.4 Å². The van der Waals surface area contributed by atoms with E-state index in [1.165, 1.54) is 26.0 Å². The maximum Gasteiger partial charge on any atom is 0.331 e. The highest BCUT2D eigenvalue weighted by atomic mass is 16.5. The molecule has 1 N–H and O–H groups in total. The van der Waals surface area contributed by atoms with Crippen LogP contribution in [0.4, 0.5) is 0 Å². The van der Waals surface area contributed by atoms with E-state index in [1.54, 1.807) is 12.1 Å². The molecule has 25 heavy (non-hydrogen) atoms. The Hall–Kier alpha value is -2.89. The fraction of sp³-hybridized carbons (Fsp3) is 0.316. The van der Waals surface area contributed by atoms with E-state index in [-0.39, 0.29) is 5.69 Å². The summed E-state index contributed by atoms with van der Waals surface area (Å²) in [5, 5.41) is 2.86. The van der Waals surface area contributed by atoms with Gasteiger partial charge in [0.2, 0.25) is 0 Å². The lowest BCUT2D eigenvalue weighted by molar-refractivity contribution is -0.148. The molecule has 6 nitrogen and oxygen atoms in total. The zero-order valence-electron chi connectivity index (χ0n) is 14.2. The fourth-order valence-corrected chi connectivity index (χ4v) is 3.27. The first-order chi connectivity index (χ1) is 12.1. The van der Waals surface area contributed by atoms with Gasteiger partial charge in [0, 0.05) is 12.6 Å². The average Bonchev–Trinajstić information content (AvgIpc) is 2.67. The van der Waals surface area contributed by atoms with Crippen molar-refractivity contribution >= 4 is 11.9 Å². The molecule has 0 spiro atoms. The molecule has 0 saturated carbocycles. The second-order valence-corrected chi connectivity index (χ2v) is 6.03. The Labute approximate surface area is 146 Å². The van der Waals surface area contributed by atoms with Gasteiger partial charge in [-0.1, -0.05) is 24.3 Å². The lowest BCUT2D eigenvalue weighted by Crippen LogP contribution is -2.58. The molecule has 6 heteroatoms. The number of rotatable bonds is 4. The van der Waals surface area contributed by atoms with E-state index >= 15 is 0 Å². The Morgan fingerprint density at radius 3 is 2.60 bits per heavy atom. The molecule has 1 aromatic heterocycles. The summed E-state index contributed by atoms with van der Waals surface area (Å²) in [7, 11) is 2.80. The van der Waals surface area contributed by atoms with Crippen LogP contribution in [-0.4, -0.2) is 36.6 Å². The molecule has 1 aliphatic carbocycles. The van der Waals surface area contributed by atoms with Crippen LogP contribution in [0.3, 0.4) is 0 Å². The number of ether oxygens (including phenoxy) is 2. The lowest BCUT2D eigenvalue weighted by Gasteiger charge is -2.36. The van der Waals surface area contributed by atoms with Crippen molar-refractivity contribution in [2.45, 2.75) is 24.8 Å².